The Kier molecular flexibility index (Phi) is 7.16. The number of alkyl halides is 1. The van der Waals surface area contributed by atoms with Gasteiger partial charge in [0.25, 0.3) is 5.91 Å². The van der Waals surface area contributed by atoms with Crippen molar-refractivity contribution in [3.63, 3.8) is 0 Å². The monoisotopic (exact) mass is 561 g/mol. The van der Waals surface area contributed by atoms with Gasteiger partial charge in [-0.05, 0) is 60.9 Å². The number of benzene rings is 1. The summed E-state index contributed by atoms with van der Waals surface area (Å²) in [6.45, 7) is 1.75. The van der Waals surface area contributed by atoms with E-state index in [1.165, 1.54) is 6.07 Å². The van der Waals surface area contributed by atoms with Crippen LogP contribution < -0.4 is 10.2 Å². The number of halogens is 1. The second-order valence-corrected chi connectivity index (χ2v) is 12.1. The smallest absolute Gasteiger partial charge is 0.251 e. The van der Waals surface area contributed by atoms with Crippen LogP contribution in [0.4, 0.5) is 10.2 Å². The maximum atomic E-state index is 13.6. The minimum atomic E-state index is -3.51. The average Bonchev–Trinajstić information content (AvgIpc) is 3.13. The molecule has 1 fully saturated rings. The number of nitrogens with one attached hydrogen (secondary N) is 1. The third-order valence-corrected chi connectivity index (χ3v) is 8.98. The molecule has 0 atom stereocenters. The van der Waals surface area contributed by atoms with E-state index in [0.29, 0.717) is 48.4 Å². The van der Waals surface area contributed by atoms with Crippen LogP contribution in [0.25, 0.3) is 22.3 Å². The summed E-state index contributed by atoms with van der Waals surface area (Å²) in [5.74, 6) is 0.297. The fraction of sp³-hybridized carbons (Fsp3) is 0.310. The standard InChI is InChI=1S/C29H28FN5O4S/c30-22-8-10-35(11-9-22)28-3-1-2-24(34-28)25-7-6-20-16-31-23(15-26(20)33-25)17-32-29(36)19-4-5-21-18-39-12-13-40(37,38)27(21)14-19/h1-7,14-16,22H,8-13,17-18H2,(H,32,36). The molecule has 206 valence electrons. The van der Waals surface area contributed by atoms with Gasteiger partial charge in [0.2, 0.25) is 0 Å². The number of pyridine rings is 3. The molecule has 1 aromatic carbocycles. The van der Waals surface area contributed by atoms with Crippen LogP contribution in [0.3, 0.4) is 0 Å². The van der Waals surface area contributed by atoms with Crippen molar-refractivity contribution in [2.45, 2.75) is 37.1 Å². The lowest BCUT2D eigenvalue weighted by atomic mass is 10.1. The third kappa shape index (κ3) is 5.52. The highest BCUT2D eigenvalue weighted by molar-refractivity contribution is 7.91. The van der Waals surface area contributed by atoms with Gasteiger partial charge >= 0.3 is 0 Å². The molecule has 0 unspecified atom stereocenters. The molecule has 3 aromatic heterocycles. The van der Waals surface area contributed by atoms with Gasteiger partial charge in [0.15, 0.2) is 9.84 Å². The number of anilines is 1. The lowest BCUT2D eigenvalue weighted by molar-refractivity contribution is 0.0950. The quantitative estimate of drug-likeness (QED) is 0.391. The lowest BCUT2D eigenvalue weighted by Gasteiger charge is -2.29. The number of aromatic nitrogens is 3. The molecule has 11 heteroatoms. The van der Waals surface area contributed by atoms with Crippen LogP contribution in [-0.2, 0) is 27.7 Å². The largest absolute Gasteiger partial charge is 0.376 e. The number of fused-ring (bicyclic) bond motifs is 2. The van der Waals surface area contributed by atoms with Crippen molar-refractivity contribution >= 4 is 32.5 Å². The van der Waals surface area contributed by atoms with Crippen LogP contribution in [0.2, 0.25) is 0 Å². The maximum absolute atomic E-state index is 13.6. The predicted molar refractivity (Wildman–Crippen MR) is 148 cm³/mol. The number of ether oxygens (including phenoxy) is 1. The molecular weight excluding hydrogens is 533 g/mol. The van der Waals surface area contributed by atoms with Crippen LogP contribution in [-0.4, -0.2) is 60.9 Å². The van der Waals surface area contributed by atoms with E-state index in [1.807, 2.05) is 36.4 Å². The van der Waals surface area contributed by atoms with E-state index in [0.717, 1.165) is 16.9 Å². The van der Waals surface area contributed by atoms with E-state index >= 15 is 0 Å². The summed E-state index contributed by atoms with van der Waals surface area (Å²) in [6.07, 6.45) is 1.97. The number of sulfone groups is 1. The number of amides is 1. The molecule has 0 spiro atoms. The first-order valence-electron chi connectivity index (χ1n) is 13.2. The zero-order valence-electron chi connectivity index (χ0n) is 21.7. The van der Waals surface area contributed by atoms with Gasteiger partial charge in [-0.15, -0.1) is 0 Å². The van der Waals surface area contributed by atoms with Crippen LogP contribution in [0.15, 0.2) is 65.7 Å². The number of hydrogen-bond donors (Lipinski definition) is 1. The molecule has 0 aliphatic carbocycles. The highest BCUT2D eigenvalue weighted by atomic mass is 32.2. The Balaban J connectivity index is 1.19. The van der Waals surface area contributed by atoms with E-state index < -0.39 is 21.9 Å². The van der Waals surface area contributed by atoms with Crippen LogP contribution in [0.1, 0.15) is 34.5 Å². The van der Waals surface area contributed by atoms with Crippen molar-refractivity contribution in [3.05, 3.63) is 77.6 Å². The van der Waals surface area contributed by atoms with E-state index in [2.05, 4.69) is 15.2 Å². The summed E-state index contributed by atoms with van der Waals surface area (Å²) >= 11 is 0. The summed E-state index contributed by atoms with van der Waals surface area (Å²) in [5.41, 5.74) is 3.54. The molecule has 1 N–H and O–H groups in total. The SMILES string of the molecule is O=C(NCc1cc2nc(-c3cccc(N4CCC(F)CC4)n3)ccc2cn1)c1ccc2c(c1)S(=O)(=O)CCOC2. The van der Waals surface area contributed by atoms with Gasteiger partial charge in [0.05, 0.1) is 53.0 Å². The Bertz CT molecular complexity index is 1690. The number of carbonyl (C=O) groups is 1. The van der Waals surface area contributed by atoms with Gasteiger partial charge in [-0.1, -0.05) is 12.1 Å². The molecule has 0 radical (unpaired) electrons. The van der Waals surface area contributed by atoms with Crippen LogP contribution >= 0.6 is 0 Å². The van der Waals surface area contributed by atoms with Gasteiger partial charge in [0, 0.05) is 30.2 Å². The Hall–Kier alpha value is -3.96. The van der Waals surface area contributed by atoms with Gasteiger partial charge in [-0.3, -0.25) is 9.78 Å². The first-order valence-corrected chi connectivity index (χ1v) is 14.8. The summed E-state index contributed by atoms with van der Waals surface area (Å²) in [5, 5.41) is 3.67. The predicted octanol–water partition coefficient (Wildman–Crippen LogP) is 3.86. The first kappa shape index (κ1) is 26.3. The molecular formula is C29H28FN5O4S. The second-order valence-electron chi connectivity index (χ2n) is 9.98. The molecule has 5 heterocycles. The molecule has 1 saturated heterocycles. The van der Waals surface area contributed by atoms with Gasteiger partial charge in [-0.2, -0.15) is 0 Å². The van der Waals surface area contributed by atoms with Crippen molar-refractivity contribution in [1.82, 2.24) is 20.3 Å². The number of rotatable bonds is 5. The summed E-state index contributed by atoms with van der Waals surface area (Å²) in [7, 11) is -3.51. The lowest BCUT2D eigenvalue weighted by Crippen LogP contribution is -2.34. The van der Waals surface area contributed by atoms with Crippen molar-refractivity contribution < 1.29 is 22.3 Å². The summed E-state index contributed by atoms with van der Waals surface area (Å²) < 4.78 is 44.1. The third-order valence-electron chi connectivity index (χ3n) is 7.22. The molecule has 6 rings (SSSR count). The van der Waals surface area contributed by atoms with E-state index in [9.17, 15) is 17.6 Å². The fourth-order valence-corrected chi connectivity index (χ4v) is 6.34. The summed E-state index contributed by atoms with van der Waals surface area (Å²) in [4.78, 5) is 29.1. The molecule has 1 amide bonds. The minimum Gasteiger partial charge on any atom is -0.376 e. The Morgan fingerprint density at radius 3 is 2.73 bits per heavy atom. The molecule has 2 aliphatic heterocycles. The highest BCUT2D eigenvalue weighted by Crippen LogP contribution is 2.25. The number of piperidine rings is 1. The highest BCUT2D eigenvalue weighted by Gasteiger charge is 2.24. The Morgan fingerprint density at radius 1 is 1.05 bits per heavy atom. The normalized spacial score (nSPS) is 17.3. The summed E-state index contributed by atoms with van der Waals surface area (Å²) in [6, 6.07) is 16.0. The first-order chi connectivity index (χ1) is 19.4. The zero-order chi connectivity index (χ0) is 27.7. The van der Waals surface area contributed by atoms with Crippen molar-refractivity contribution in [1.29, 1.82) is 0 Å². The number of hydrogen-bond acceptors (Lipinski definition) is 8. The van der Waals surface area contributed by atoms with Crippen molar-refractivity contribution in [2.24, 2.45) is 0 Å². The van der Waals surface area contributed by atoms with E-state index in [1.54, 1.807) is 18.3 Å². The molecule has 0 saturated carbocycles. The molecule has 9 nitrogen and oxygen atoms in total. The number of carbonyl (C=O) groups excluding carboxylic acids is 1. The minimum absolute atomic E-state index is 0.112. The van der Waals surface area contributed by atoms with E-state index in [-0.39, 0.29) is 36.0 Å². The van der Waals surface area contributed by atoms with Crippen LogP contribution in [0.5, 0.6) is 0 Å². The Morgan fingerprint density at radius 2 is 1.88 bits per heavy atom. The van der Waals surface area contributed by atoms with Crippen LogP contribution in [0, 0.1) is 0 Å². The number of nitrogens with zero attached hydrogens (tertiary/aromatic N) is 4. The molecule has 4 aromatic rings. The fourth-order valence-electron chi connectivity index (χ4n) is 4.95. The average molecular weight is 562 g/mol. The molecule has 2 aliphatic rings. The molecule has 40 heavy (non-hydrogen) atoms. The zero-order valence-corrected chi connectivity index (χ0v) is 22.5. The second kappa shape index (κ2) is 10.9. The van der Waals surface area contributed by atoms with Crippen molar-refractivity contribution in [2.75, 3.05) is 30.3 Å². The van der Waals surface area contributed by atoms with Gasteiger partial charge in [0.1, 0.15) is 12.0 Å². The van der Waals surface area contributed by atoms with Gasteiger partial charge < -0.3 is 15.0 Å². The maximum Gasteiger partial charge on any atom is 0.251 e. The van der Waals surface area contributed by atoms with Gasteiger partial charge in [-0.25, -0.2) is 22.8 Å². The topological polar surface area (TPSA) is 114 Å². The van der Waals surface area contributed by atoms with E-state index in [4.69, 9.17) is 14.7 Å². The molecule has 0 bridgehead atoms. The Labute approximate surface area is 231 Å². The van der Waals surface area contributed by atoms with Crippen molar-refractivity contribution in [3.8, 4) is 11.4 Å².